The van der Waals surface area contributed by atoms with Crippen LogP contribution in [0.5, 0.6) is 0 Å². The van der Waals surface area contributed by atoms with Crippen LogP contribution in [0.4, 0.5) is 9.59 Å². The molecule has 0 aliphatic heterocycles. The maximum absolute atomic E-state index is 9.83. The van der Waals surface area contributed by atoms with Crippen molar-refractivity contribution >= 4 is 12.3 Å². The molecule has 0 spiro atoms. The smallest absolute Gasteiger partial charge is 0.450 e. The van der Waals surface area contributed by atoms with Gasteiger partial charge >= 0.3 is 12.3 Å². The van der Waals surface area contributed by atoms with Crippen molar-refractivity contribution in [3.8, 4) is 6.07 Å². The fourth-order valence-corrected chi connectivity index (χ4v) is 0.395. The highest BCUT2D eigenvalue weighted by Gasteiger charge is 2.09. The Labute approximate surface area is 80.5 Å². The Balaban J connectivity index is 0. The number of hydrogen-bond donors (Lipinski definition) is 2. The van der Waals surface area contributed by atoms with Crippen LogP contribution in [0.3, 0.4) is 0 Å². The van der Waals surface area contributed by atoms with Crippen LogP contribution in [-0.4, -0.2) is 35.2 Å². The first-order valence-electron chi connectivity index (χ1n) is 3.50. The topological polar surface area (TPSA) is 117 Å². The van der Waals surface area contributed by atoms with Crippen molar-refractivity contribution in [2.75, 3.05) is 6.61 Å². The van der Waals surface area contributed by atoms with Gasteiger partial charge in [-0.05, 0) is 6.92 Å². The monoisotopic (exact) mass is 205 g/mol. The molecule has 1 atom stereocenters. The molecular formula is C7H11NO6. The summed E-state index contributed by atoms with van der Waals surface area (Å²) in [5, 5.41) is 23.3. The van der Waals surface area contributed by atoms with Crippen LogP contribution in [0, 0.1) is 11.3 Å². The van der Waals surface area contributed by atoms with Crippen LogP contribution in [-0.2, 0) is 9.47 Å². The first-order valence-corrected chi connectivity index (χ1v) is 3.50. The van der Waals surface area contributed by atoms with Gasteiger partial charge in [0.2, 0.25) is 0 Å². The van der Waals surface area contributed by atoms with Crippen LogP contribution < -0.4 is 0 Å². The Morgan fingerprint density at radius 2 is 1.86 bits per heavy atom. The zero-order valence-corrected chi connectivity index (χ0v) is 7.76. The van der Waals surface area contributed by atoms with Gasteiger partial charge in [0.05, 0.1) is 6.07 Å². The Hall–Kier alpha value is -1.97. The van der Waals surface area contributed by atoms with E-state index >= 15 is 0 Å². The highest BCUT2D eigenvalue weighted by atomic mass is 16.7. The second-order valence-electron chi connectivity index (χ2n) is 1.99. The van der Waals surface area contributed by atoms with E-state index < -0.39 is 18.4 Å². The molecule has 0 aliphatic carbocycles. The van der Waals surface area contributed by atoms with Gasteiger partial charge in [0, 0.05) is 6.92 Å². The van der Waals surface area contributed by atoms with Gasteiger partial charge in [0.25, 0.3) is 0 Å². The van der Waals surface area contributed by atoms with E-state index in [0.29, 0.717) is 0 Å². The molecule has 80 valence electrons. The molecule has 0 heterocycles. The van der Waals surface area contributed by atoms with Crippen LogP contribution in [0.25, 0.3) is 0 Å². The summed E-state index contributed by atoms with van der Waals surface area (Å²) in [7, 11) is 0. The van der Waals surface area contributed by atoms with Gasteiger partial charge in [0.15, 0.2) is 0 Å². The summed E-state index contributed by atoms with van der Waals surface area (Å²) in [6.07, 6.45) is -3.68. The van der Waals surface area contributed by atoms with Crippen LogP contribution in [0.15, 0.2) is 0 Å². The third-order valence-corrected chi connectivity index (χ3v) is 0.744. The van der Waals surface area contributed by atoms with Crippen LogP contribution in [0.2, 0.25) is 0 Å². The number of nitriles is 1. The molecule has 0 rings (SSSR count). The summed E-state index contributed by atoms with van der Waals surface area (Å²) in [6, 6.07) is 1.75. The molecule has 0 radical (unpaired) electrons. The third-order valence-electron chi connectivity index (χ3n) is 0.744. The Bertz CT molecular complexity index is 221. The van der Waals surface area contributed by atoms with Gasteiger partial charge < -0.3 is 19.7 Å². The van der Waals surface area contributed by atoms with Crippen molar-refractivity contribution in [3.63, 3.8) is 0 Å². The molecule has 0 aliphatic rings. The first kappa shape index (κ1) is 14.5. The average Bonchev–Trinajstić information content (AvgIpc) is 2.01. The van der Waals surface area contributed by atoms with E-state index in [9.17, 15) is 9.59 Å². The molecular weight excluding hydrogens is 194 g/mol. The summed E-state index contributed by atoms with van der Waals surface area (Å²) in [6.45, 7) is 2.53. The fraction of sp³-hybridized carbons (Fsp3) is 0.571. The minimum absolute atomic E-state index is 0.290. The molecule has 0 aromatic heterocycles. The van der Waals surface area contributed by atoms with Crippen molar-refractivity contribution in [1.82, 2.24) is 0 Å². The molecule has 1 unspecified atom stereocenters. The van der Waals surface area contributed by atoms with E-state index in [0.717, 1.165) is 0 Å². The van der Waals surface area contributed by atoms with E-state index in [2.05, 4.69) is 9.47 Å². The summed E-state index contributed by atoms with van der Waals surface area (Å²) in [5.74, 6) is 0. The zero-order chi connectivity index (χ0) is 11.6. The summed E-state index contributed by atoms with van der Waals surface area (Å²) in [5.41, 5.74) is 0. The average molecular weight is 205 g/mol. The van der Waals surface area contributed by atoms with Crippen molar-refractivity contribution in [2.24, 2.45) is 0 Å². The summed E-state index contributed by atoms with van der Waals surface area (Å²) < 4.78 is 8.16. The molecule has 7 nitrogen and oxygen atoms in total. The van der Waals surface area contributed by atoms with Gasteiger partial charge in [-0.2, -0.15) is 5.26 Å². The van der Waals surface area contributed by atoms with E-state index in [1.54, 1.807) is 6.07 Å². The maximum Gasteiger partial charge on any atom is 0.506 e. The van der Waals surface area contributed by atoms with Crippen molar-refractivity contribution in [1.29, 1.82) is 5.26 Å². The lowest BCUT2D eigenvalue weighted by molar-refractivity contribution is 0.0122. The molecule has 0 fully saturated rings. The van der Waals surface area contributed by atoms with E-state index in [-0.39, 0.29) is 6.61 Å². The Kier molecular flexibility index (Phi) is 9.48. The Morgan fingerprint density at radius 1 is 1.43 bits per heavy atom. The zero-order valence-electron chi connectivity index (χ0n) is 7.76. The quantitative estimate of drug-likeness (QED) is 0.666. The fourth-order valence-electron chi connectivity index (χ4n) is 0.395. The lowest BCUT2D eigenvalue weighted by Gasteiger charge is -2.08. The van der Waals surface area contributed by atoms with Crippen LogP contribution in [0.1, 0.15) is 13.8 Å². The highest BCUT2D eigenvalue weighted by Crippen LogP contribution is 1.92. The standard InChI is InChI=1S/C5H8O6.C2H3N/c1-3(11-5(8)9)2-10-4(6)7;1-2-3/h3H,2H2,1H3,(H,6,7)(H,8,9);1H3. The van der Waals surface area contributed by atoms with Crippen molar-refractivity contribution in [2.45, 2.75) is 20.0 Å². The summed E-state index contributed by atoms with van der Waals surface area (Å²) >= 11 is 0. The predicted octanol–water partition coefficient (Wildman–Crippen LogP) is 1.29. The number of rotatable bonds is 3. The molecule has 0 bridgehead atoms. The largest absolute Gasteiger partial charge is 0.506 e. The maximum atomic E-state index is 9.83. The van der Waals surface area contributed by atoms with Gasteiger partial charge in [-0.25, -0.2) is 9.59 Å². The van der Waals surface area contributed by atoms with Crippen molar-refractivity contribution < 1.29 is 29.3 Å². The molecule has 7 heteroatoms. The summed E-state index contributed by atoms with van der Waals surface area (Å²) in [4.78, 5) is 19.6. The lowest BCUT2D eigenvalue weighted by Crippen LogP contribution is -2.20. The minimum atomic E-state index is -1.45. The second kappa shape index (κ2) is 9.12. The number of ether oxygens (including phenoxy) is 2. The van der Waals surface area contributed by atoms with E-state index in [1.807, 2.05) is 0 Å². The predicted molar refractivity (Wildman–Crippen MR) is 43.8 cm³/mol. The molecule has 2 N–H and O–H groups in total. The van der Waals surface area contributed by atoms with E-state index in [4.69, 9.17) is 15.5 Å². The molecule has 0 aromatic rings. The van der Waals surface area contributed by atoms with Gasteiger partial charge in [-0.3, -0.25) is 0 Å². The molecule has 0 aromatic carbocycles. The first-order chi connectivity index (χ1) is 6.43. The number of hydrogen-bond acceptors (Lipinski definition) is 5. The molecule has 0 saturated heterocycles. The number of nitrogens with zero attached hydrogens (tertiary/aromatic N) is 1. The molecule has 0 saturated carbocycles. The van der Waals surface area contributed by atoms with Crippen LogP contribution >= 0.6 is 0 Å². The third kappa shape index (κ3) is 16.5. The van der Waals surface area contributed by atoms with Crippen molar-refractivity contribution in [3.05, 3.63) is 0 Å². The van der Waals surface area contributed by atoms with E-state index in [1.165, 1.54) is 13.8 Å². The van der Waals surface area contributed by atoms with Gasteiger partial charge in [0.1, 0.15) is 12.7 Å². The van der Waals surface area contributed by atoms with Gasteiger partial charge in [-0.15, -0.1) is 0 Å². The number of carbonyl (C=O) groups is 2. The number of carboxylic acid groups (broad SMARTS) is 2. The molecule has 14 heavy (non-hydrogen) atoms. The SMILES string of the molecule is CC#N.CC(COC(=O)O)OC(=O)O. The lowest BCUT2D eigenvalue weighted by atomic mass is 10.4. The highest BCUT2D eigenvalue weighted by molar-refractivity contribution is 5.58. The van der Waals surface area contributed by atoms with Gasteiger partial charge in [-0.1, -0.05) is 0 Å². The molecule has 0 amide bonds. The Morgan fingerprint density at radius 3 is 2.14 bits per heavy atom. The minimum Gasteiger partial charge on any atom is -0.450 e. The normalized spacial score (nSPS) is 9.79. The second-order valence-corrected chi connectivity index (χ2v) is 1.99.